The van der Waals surface area contributed by atoms with Gasteiger partial charge in [-0.05, 0) is 51.2 Å². The monoisotopic (exact) mass is 308 g/mol. The van der Waals surface area contributed by atoms with Gasteiger partial charge < -0.3 is 10.2 Å². The van der Waals surface area contributed by atoms with Gasteiger partial charge in [-0.2, -0.15) is 5.10 Å². The number of nitrogens with one attached hydrogen (secondary N) is 2. The van der Waals surface area contributed by atoms with Crippen LogP contribution in [0, 0.1) is 0 Å². The number of nitrogens with zero attached hydrogens (tertiary/aromatic N) is 2. The Balaban J connectivity index is 1.80. The standard InChI is InChI=1S/C13H17BrN4/c1-18-6-4-10(5-7-18)15-13-11-8-9(14)2-3-12(11)16-17-13/h2-3,8,10H,4-7H2,1H3,(H2,15,16,17). The largest absolute Gasteiger partial charge is 0.365 e. The fourth-order valence-corrected chi connectivity index (χ4v) is 2.80. The van der Waals surface area contributed by atoms with Gasteiger partial charge in [0.05, 0.1) is 5.52 Å². The third kappa shape index (κ3) is 2.37. The van der Waals surface area contributed by atoms with Crippen molar-refractivity contribution < 1.29 is 0 Å². The van der Waals surface area contributed by atoms with Crippen molar-refractivity contribution in [2.24, 2.45) is 0 Å². The summed E-state index contributed by atoms with van der Waals surface area (Å²) in [6, 6.07) is 6.72. The lowest BCUT2D eigenvalue weighted by Gasteiger charge is -2.29. The average Bonchev–Trinajstić information content (AvgIpc) is 2.75. The first-order valence-corrected chi connectivity index (χ1v) is 7.10. The number of anilines is 1. The van der Waals surface area contributed by atoms with Crippen LogP contribution >= 0.6 is 15.9 Å². The van der Waals surface area contributed by atoms with Gasteiger partial charge in [-0.3, -0.25) is 5.10 Å². The first-order chi connectivity index (χ1) is 8.72. The number of benzene rings is 1. The van der Waals surface area contributed by atoms with Gasteiger partial charge in [-0.1, -0.05) is 15.9 Å². The second-order valence-electron chi connectivity index (χ2n) is 4.98. The van der Waals surface area contributed by atoms with Crippen LogP contribution in [0.2, 0.25) is 0 Å². The zero-order valence-electron chi connectivity index (χ0n) is 10.4. The molecule has 1 aromatic heterocycles. The summed E-state index contributed by atoms with van der Waals surface area (Å²) in [6.45, 7) is 2.31. The fourth-order valence-electron chi connectivity index (χ4n) is 2.44. The van der Waals surface area contributed by atoms with Crippen LogP contribution in [-0.4, -0.2) is 41.3 Å². The fraction of sp³-hybridized carbons (Fsp3) is 0.462. The molecule has 18 heavy (non-hydrogen) atoms. The smallest absolute Gasteiger partial charge is 0.155 e. The van der Waals surface area contributed by atoms with Crippen LogP contribution in [0.4, 0.5) is 5.82 Å². The molecule has 0 bridgehead atoms. The lowest BCUT2D eigenvalue weighted by Crippen LogP contribution is -2.36. The minimum absolute atomic E-state index is 0.534. The SMILES string of the molecule is CN1CCC(Nc2n[nH]c3ccc(Br)cc23)CC1. The molecule has 2 aromatic rings. The predicted molar refractivity (Wildman–Crippen MR) is 77.9 cm³/mol. The molecule has 0 radical (unpaired) electrons. The molecule has 1 aliphatic rings. The van der Waals surface area contributed by atoms with Crippen LogP contribution in [0.1, 0.15) is 12.8 Å². The molecule has 1 saturated heterocycles. The summed E-state index contributed by atoms with van der Waals surface area (Å²) in [7, 11) is 2.18. The highest BCUT2D eigenvalue weighted by Gasteiger charge is 2.18. The number of halogens is 1. The molecular formula is C13H17BrN4. The van der Waals surface area contributed by atoms with E-state index in [0.29, 0.717) is 6.04 Å². The second-order valence-corrected chi connectivity index (χ2v) is 5.90. The lowest BCUT2D eigenvalue weighted by molar-refractivity contribution is 0.263. The molecule has 0 amide bonds. The normalized spacial score (nSPS) is 18.3. The highest BCUT2D eigenvalue weighted by molar-refractivity contribution is 9.10. The highest BCUT2D eigenvalue weighted by Crippen LogP contribution is 2.25. The predicted octanol–water partition coefficient (Wildman–Crippen LogP) is 2.83. The maximum Gasteiger partial charge on any atom is 0.155 e. The van der Waals surface area contributed by atoms with Gasteiger partial charge in [0.25, 0.3) is 0 Å². The first kappa shape index (κ1) is 12.0. The third-order valence-electron chi connectivity index (χ3n) is 3.58. The zero-order valence-corrected chi connectivity index (χ0v) is 12.0. The van der Waals surface area contributed by atoms with Gasteiger partial charge in [0.15, 0.2) is 5.82 Å². The van der Waals surface area contributed by atoms with Gasteiger partial charge in [-0.15, -0.1) is 0 Å². The van der Waals surface area contributed by atoms with E-state index >= 15 is 0 Å². The summed E-state index contributed by atoms with van der Waals surface area (Å²) >= 11 is 3.51. The third-order valence-corrected chi connectivity index (χ3v) is 4.08. The Kier molecular flexibility index (Phi) is 3.26. The Bertz CT molecular complexity index is 543. The van der Waals surface area contributed by atoms with Gasteiger partial charge in [0.1, 0.15) is 0 Å². The highest BCUT2D eigenvalue weighted by atomic mass is 79.9. The van der Waals surface area contributed by atoms with Crippen molar-refractivity contribution >= 4 is 32.7 Å². The van der Waals surface area contributed by atoms with Crippen LogP contribution in [0.3, 0.4) is 0 Å². The van der Waals surface area contributed by atoms with Crippen molar-refractivity contribution in [3.8, 4) is 0 Å². The van der Waals surface area contributed by atoms with E-state index < -0.39 is 0 Å². The van der Waals surface area contributed by atoms with E-state index in [0.717, 1.165) is 34.3 Å². The summed E-state index contributed by atoms with van der Waals surface area (Å²) in [5.74, 6) is 0.973. The van der Waals surface area contributed by atoms with Gasteiger partial charge >= 0.3 is 0 Å². The number of H-pyrrole nitrogens is 1. The summed E-state index contributed by atoms with van der Waals surface area (Å²) in [4.78, 5) is 2.37. The van der Waals surface area contributed by atoms with E-state index in [1.807, 2.05) is 12.1 Å². The van der Waals surface area contributed by atoms with Gasteiger partial charge in [-0.25, -0.2) is 0 Å². The van der Waals surface area contributed by atoms with Crippen molar-refractivity contribution in [2.75, 3.05) is 25.5 Å². The number of likely N-dealkylation sites (tertiary alicyclic amines) is 1. The molecule has 1 fully saturated rings. The molecule has 0 unspecified atom stereocenters. The molecule has 0 spiro atoms. The quantitative estimate of drug-likeness (QED) is 0.896. The molecule has 3 rings (SSSR count). The number of hydrogen-bond donors (Lipinski definition) is 2. The van der Waals surface area contributed by atoms with Crippen molar-refractivity contribution in [1.82, 2.24) is 15.1 Å². The number of aromatic nitrogens is 2. The summed E-state index contributed by atoms with van der Waals surface area (Å²) in [5, 5.41) is 12.2. The Morgan fingerprint density at radius 1 is 1.39 bits per heavy atom. The summed E-state index contributed by atoms with van der Waals surface area (Å²) in [5.41, 5.74) is 1.08. The van der Waals surface area contributed by atoms with Crippen LogP contribution in [0.25, 0.3) is 10.9 Å². The van der Waals surface area contributed by atoms with E-state index in [2.05, 4.69) is 49.5 Å². The number of rotatable bonds is 2. The average molecular weight is 309 g/mol. The lowest BCUT2D eigenvalue weighted by atomic mass is 10.1. The zero-order chi connectivity index (χ0) is 12.5. The van der Waals surface area contributed by atoms with E-state index in [9.17, 15) is 0 Å². The van der Waals surface area contributed by atoms with Crippen molar-refractivity contribution in [2.45, 2.75) is 18.9 Å². The van der Waals surface area contributed by atoms with E-state index in [4.69, 9.17) is 0 Å². The Morgan fingerprint density at radius 2 is 2.17 bits per heavy atom. The molecule has 2 N–H and O–H groups in total. The van der Waals surface area contributed by atoms with E-state index in [1.165, 1.54) is 12.8 Å². The van der Waals surface area contributed by atoms with E-state index in [-0.39, 0.29) is 0 Å². The van der Waals surface area contributed by atoms with Crippen molar-refractivity contribution in [1.29, 1.82) is 0 Å². The summed E-state index contributed by atoms with van der Waals surface area (Å²) < 4.78 is 1.09. The molecule has 1 aromatic carbocycles. The molecule has 5 heteroatoms. The van der Waals surface area contributed by atoms with Crippen LogP contribution in [0.15, 0.2) is 22.7 Å². The van der Waals surface area contributed by atoms with Crippen molar-refractivity contribution in [3.63, 3.8) is 0 Å². The van der Waals surface area contributed by atoms with Crippen LogP contribution < -0.4 is 5.32 Å². The second kappa shape index (κ2) is 4.90. The molecule has 2 heterocycles. The van der Waals surface area contributed by atoms with Gasteiger partial charge in [0, 0.05) is 15.9 Å². The molecule has 0 saturated carbocycles. The van der Waals surface area contributed by atoms with Crippen LogP contribution in [-0.2, 0) is 0 Å². The number of fused-ring (bicyclic) bond motifs is 1. The Labute approximate surface area is 115 Å². The number of piperidine rings is 1. The Morgan fingerprint density at radius 3 is 2.94 bits per heavy atom. The number of hydrogen-bond acceptors (Lipinski definition) is 3. The Hall–Kier alpha value is -1.07. The molecule has 0 aliphatic carbocycles. The summed E-state index contributed by atoms with van der Waals surface area (Å²) in [6.07, 6.45) is 2.36. The topological polar surface area (TPSA) is 44.0 Å². The maximum absolute atomic E-state index is 4.38. The van der Waals surface area contributed by atoms with Gasteiger partial charge in [0.2, 0.25) is 0 Å². The minimum atomic E-state index is 0.534. The molecule has 0 atom stereocenters. The van der Waals surface area contributed by atoms with Crippen molar-refractivity contribution in [3.05, 3.63) is 22.7 Å². The number of aromatic amines is 1. The molecule has 4 nitrogen and oxygen atoms in total. The van der Waals surface area contributed by atoms with E-state index in [1.54, 1.807) is 0 Å². The maximum atomic E-state index is 4.38. The first-order valence-electron chi connectivity index (χ1n) is 6.31. The van der Waals surface area contributed by atoms with Crippen LogP contribution in [0.5, 0.6) is 0 Å². The molecule has 96 valence electrons. The minimum Gasteiger partial charge on any atom is -0.365 e. The molecule has 1 aliphatic heterocycles. The molecular weight excluding hydrogens is 292 g/mol.